The minimum atomic E-state index is -0.903. The van der Waals surface area contributed by atoms with E-state index in [0.29, 0.717) is 12.2 Å². The van der Waals surface area contributed by atoms with Crippen molar-refractivity contribution in [2.24, 2.45) is 5.92 Å². The van der Waals surface area contributed by atoms with Crippen molar-refractivity contribution in [3.8, 4) is 0 Å². The molecule has 1 unspecified atom stereocenters. The van der Waals surface area contributed by atoms with Crippen LogP contribution in [0.1, 0.15) is 36.7 Å². The zero-order chi connectivity index (χ0) is 14.5. The quantitative estimate of drug-likeness (QED) is 0.826. The third-order valence-corrected chi connectivity index (χ3v) is 3.35. The van der Waals surface area contributed by atoms with Gasteiger partial charge in [-0.05, 0) is 30.5 Å². The van der Waals surface area contributed by atoms with Crippen LogP contribution in [0, 0.1) is 5.92 Å². The number of benzene rings is 1. The van der Waals surface area contributed by atoms with Crippen LogP contribution in [-0.4, -0.2) is 30.3 Å². The summed E-state index contributed by atoms with van der Waals surface area (Å²) < 4.78 is 5.04. The largest absolute Gasteiger partial charge is 0.388 e. The Bertz CT molecular complexity index is 427. The molecule has 0 radical (unpaired) electrons. The highest BCUT2D eigenvalue weighted by atomic mass is 16.5. The van der Waals surface area contributed by atoms with Crippen molar-refractivity contribution in [1.82, 2.24) is 5.32 Å². The molecule has 0 fully saturated rings. The van der Waals surface area contributed by atoms with Gasteiger partial charge < -0.3 is 15.2 Å². The number of methoxy groups -OCH3 is 1. The number of nitrogens with one attached hydrogen (secondary N) is 1. The Balaban J connectivity index is 2.66. The Morgan fingerprint density at radius 2 is 2.16 bits per heavy atom. The maximum Gasteiger partial charge on any atom is 0.251 e. The number of aliphatic hydroxyl groups is 1. The topological polar surface area (TPSA) is 58.6 Å². The Morgan fingerprint density at radius 3 is 2.74 bits per heavy atom. The van der Waals surface area contributed by atoms with E-state index in [1.165, 1.54) is 0 Å². The van der Waals surface area contributed by atoms with Gasteiger partial charge in [0.05, 0.1) is 12.2 Å². The molecule has 1 aromatic rings. The van der Waals surface area contributed by atoms with E-state index >= 15 is 0 Å². The third kappa shape index (κ3) is 4.65. The van der Waals surface area contributed by atoms with Crippen molar-refractivity contribution in [3.63, 3.8) is 0 Å². The van der Waals surface area contributed by atoms with Crippen LogP contribution in [0.25, 0.3) is 0 Å². The van der Waals surface area contributed by atoms with Gasteiger partial charge in [-0.1, -0.05) is 26.0 Å². The molecule has 0 aliphatic heterocycles. The van der Waals surface area contributed by atoms with Crippen molar-refractivity contribution >= 4 is 5.91 Å². The normalized spacial score (nSPS) is 14.2. The average Bonchev–Trinajstić information content (AvgIpc) is 2.36. The van der Waals surface area contributed by atoms with Gasteiger partial charge in [0.1, 0.15) is 0 Å². The molecular formula is C15H23NO3. The summed E-state index contributed by atoms with van der Waals surface area (Å²) >= 11 is 0. The van der Waals surface area contributed by atoms with Crippen LogP contribution >= 0.6 is 0 Å². The van der Waals surface area contributed by atoms with Crippen LogP contribution in [-0.2, 0) is 11.3 Å². The molecule has 0 saturated carbocycles. The Hall–Kier alpha value is -1.39. The van der Waals surface area contributed by atoms with Crippen LogP contribution in [0.4, 0.5) is 0 Å². The van der Waals surface area contributed by atoms with Gasteiger partial charge >= 0.3 is 0 Å². The molecule has 1 aromatic carbocycles. The Morgan fingerprint density at radius 1 is 1.47 bits per heavy atom. The van der Waals surface area contributed by atoms with Gasteiger partial charge in [0.2, 0.25) is 0 Å². The summed E-state index contributed by atoms with van der Waals surface area (Å²) in [6.07, 6.45) is 0. The number of carbonyl (C=O) groups is 1. The minimum absolute atomic E-state index is 0.0765. The summed E-state index contributed by atoms with van der Waals surface area (Å²) in [6, 6.07) is 7.27. The molecule has 0 aromatic heterocycles. The zero-order valence-corrected chi connectivity index (χ0v) is 12.1. The van der Waals surface area contributed by atoms with E-state index < -0.39 is 5.60 Å². The number of hydrogen-bond acceptors (Lipinski definition) is 3. The van der Waals surface area contributed by atoms with Gasteiger partial charge in [-0.3, -0.25) is 4.79 Å². The second-order valence-corrected chi connectivity index (χ2v) is 5.33. The zero-order valence-electron chi connectivity index (χ0n) is 12.1. The SMILES string of the molecule is COCc1cccc(C(=O)NCC(C)(O)C(C)C)c1. The summed E-state index contributed by atoms with van der Waals surface area (Å²) in [7, 11) is 1.62. The molecule has 1 rings (SSSR count). The molecule has 0 heterocycles. The molecule has 0 aliphatic rings. The van der Waals surface area contributed by atoms with Crippen molar-refractivity contribution in [1.29, 1.82) is 0 Å². The van der Waals surface area contributed by atoms with Crippen molar-refractivity contribution in [3.05, 3.63) is 35.4 Å². The van der Waals surface area contributed by atoms with Gasteiger partial charge in [-0.2, -0.15) is 0 Å². The van der Waals surface area contributed by atoms with Crippen molar-refractivity contribution in [2.45, 2.75) is 33.0 Å². The minimum Gasteiger partial charge on any atom is -0.388 e. The van der Waals surface area contributed by atoms with E-state index in [1.807, 2.05) is 26.0 Å². The van der Waals surface area contributed by atoms with Crippen LogP contribution in [0.15, 0.2) is 24.3 Å². The molecule has 4 heteroatoms. The lowest BCUT2D eigenvalue weighted by Crippen LogP contribution is -2.44. The fraction of sp³-hybridized carbons (Fsp3) is 0.533. The number of ether oxygens (including phenoxy) is 1. The summed E-state index contributed by atoms with van der Waals surface area (Å²) in [5, 5.41) is 12.9. The highest BCUT2D eigenvalue weighted by Gasteiger charge is 2.25. The van der Waals surface area contributed by atoms with Crippen molar-refractivity contribution in [2.75, 3.05) is 13.7 Å². The Labute approximate surface area is 114 Å². The predicted molar refractivity (Wildman–Crippen MR) is 75.0 cm³/mol. The standard InChI is InChI=1S/C15H23NO3/c1-11(2)15(3,18)10-16-14(17)13-7-5-6-12(8-13)9-19-4/h5-8,11,18H,9-10H2,1-4H3,(H,16,17). The van der Waals surface area contributed by atoms with Crippen LogP contribution in [0.2, 0.25) is 0 Å². The number of rotatable bonds is 6. The first kappa shape index (κ1) is 15.7. The monoisotopic (exact) mass is 265 g/mol. The lowest BCUT2D eigenvalue weighted by atomic mass is 9.92. The summed E-state index contributed by atoms with van der Waals surface area (Å²) in [4.78, 5) is 12.0. The maximum absolute atomic E-state index is 12.0. The molecular weight excluding hydrogens is 242 g/mol. The first-order valence-corrected chi connectivity index (χ1v) is 6.45. The van der Waals surface area contributed by atoms with E-state index in [9.17, 15) is 9.90 Å². The van der Waals surface area contributed by atoms with E-state index in [0.717, 1.165) is 5.56 Å². The fourth-order valence-corrected chi connectivity index (χ4v) is 1.53. The number of carbonyl (C=O) groups excluding carboxylic acids is 1. The first-order chi connectivity index (χ1) is 8.86. The van der Waals surface area contributed by atoms with E-state index in [4.69, 9.17) is 4.74 Å². The van der Waals surface area contributed by atoms with Gasteiger partial charge in [-0.15, -0.1) is 0 Å². The second-order valence-electron chi connectivity index (χ2n) is 5.33. The highest BCUT2D eigenvalue weighted by Crippen LogP contribution is 2.15. The van der Waals surface area contributed by atoms with Gasteiger partial charge in [0.15, 0.2) is 0 Å². The molecule has 0 bridgehead atoms. The van der Waals surface area contributed by atoms with Gasteiger partial charge in [0, 0.05) is 19.2 Å². The van der Waals surface area contributed by atoms with Crippen LogP contribution in [0.3, 0.4) is 0 Å². The molecule has 0 spiro atoms. The highest BCUT2D eigenvalue weighted by molar-refractivity contribution is 5.94. The molecule has 4 nitrogen and oxygen atoms in total. The van der Waals surface area contributed by atoms with E-state index in [2.05, 4.69) is 5.32 Å². The smallest absolute Gasteiger partial charge is 0.251 e. The van der Waals surface area contributed by atoms with Gasteiger partial charge in [0.25, 0.3) is 5.91 Å². The van der Waals surface area contributed by atoms with Crippen LogP contribution in [0.5, 0.6) is 0 Å². The van der Waals surface area contributed by atoms with E-state index in [-0.39, 0.29) is 18.4 Å². The first-order valence-electron chi connectivity index (χ1n) is 6.45. The molecule has 106 valence electrons. The lowest BCUT2D eigenvalue weighted by molar-refractivity contribution is 0.0142. The molecule has 1 atom stereocenters. The van der Waals surface area contributed by atoms with Crippen molar-refractivity contribution < 1.29 is 14.6 Å². The molecule has 0 aliphatic carbocycles. The Kier molecular flexibility index (Phi) is 5.51. The summed E-state index contributed by atoms with van der Waals surface area (Å²) in [6.45, 7) is 6.28. The molecule has 1 amide bonds. The summed E-state index contributed by atoms with van der Waals surface area (Å²) in [5.74, 6) is -0.105. The van der Waals surface area contributed by atoms with Gasteiger partial charge in [-0.25, -0.2) is 0 Å². The van der Waals surface area contributed by atoms with Crippen LogP contribution < -0.4 is 5.32 Å². The fourth-order valence-electron chi connectivity index (χ4n) is 1.53. The molecule has 19 heavy (non-hydrogen) atoms. The predicted octanol–water partition coefficient (Wildman–Crippen LogP) is 1.97. The molecule has 0 saturated heterocycles. The lowest BCUT2D eigenvalue weighted by Gasteiger charge is -2.27. The second kappa shape index (κ2) is 6.68. The van der Waals surface area contributed by atoms with E-state index in [1.54, 1.807) is 26.2 Å². The number of amides is 1. The summed E-state index contributed by atoms with van der Waals surface area (Å²) in [5.41, 5.74) is 0.625. The number of hydrogen-bond donors (Lipinski definition) is 2. The third-order valence-electron chi connectivity index (χ3n) is 3.35. The average molecular weight is 265 g/mol. The molecule has 2 N–H and O–H groups in total. The maximum atomic E-state index is 12.0.